The van der Waals surface area contributed by atoms with Crippen molar-refractivity contribution in [1.29, 1.82) is 0 Å². The van der Waals surface area contributed by atoms with Crippen LogP contribution in [0, 0.1) is 36.0 Å². The topological polar surface area (TPSA) is 403 Å². The summed E-state index contributed by atoms with van der Waals surface area (Å²) in [5, 5.41) is 15.0. The number of nitrogens with two attached hydrogens (primary N) is 5. The van der Waals surface area contributed by atoms with Crippen molar-refractivity contribution in [1.82, 2.24) is 93.0 Å². The Hall–Kier alpha value is -18.5. The number of nitrogens with one attached hydrogen (secondary N) is 5. The van der Waals surface area contributed by atoms with Crippen LogP contribution in [0.3, 0.4) is 0 Å². The standard InChI is InChI=1S/C21H16F4N6.C20H16F4N6.C20H17F3N6.C20H14F3N5.C19H12F6N6/c22-13-5-8-15-16(9-13)31(19(28-15)11-1-2-11)18-10-17(26)29-20(30-18)27-14-6-3-12(4-7-14)21(23,24)25;1-2-17-27-14-8-5-12(21)9-15(14)30(17)18-10-16(25)28-19(29-18)26-13-6-3-11(4-7-13)20(22,23)24;1-2-17-26-14-5-3-4-6-15(14)29(17)18-11-16(24)27-19(28-18)25-13-9-7-12(8-10-13)20(21,22)23;21-20(22,23)12-5-7-13(8-6-12)26-19-27-17(11-18(24)28-19)15-9-10-25-16-4-2-1-3-14(15)16;1-8-27-14-5-12(21)13(22)6-15(14)31(8)17-7-16(26)29-18(30-17)28-9-2-3-10(11(20)4-9)19(23,24)25/h3-11H,1-2H2,(H3,26,27,29,30);3-10H,2H2,1H3,(H3,25,26,28,29);3-11H,2H2,1H3,(H3,24,25,27,28);1-11H,(H3,24,26,27,28);2-7H,1H3,(H3,26,28,29,30). The molecule has 760 valence electrons. The van der Waals surface area contributed by atoms with Gasteiger partial charge in [-0.2, -0.15) is 111 Å². The molecule has 15 N–H and O–H groups in total. The molecular weight excluding hydrogens is 1990 g/mol. The van der Waals surface area contributed by atoms with Crippen LogP contribution in [0.5, 0.6) is 0 Å². The molecule has 1 fully saturated rings. The van der Waals surface area contributed by atoms with E-state index < -0.39 is 87.8 Å². The number of hydrogen-bond donors (Lipinski definition) is 10. The van der Waals surface area contributed by atoms with Crippen molar-refractivity contribution in [3.63, 3.8) is 0 Å². The molecule has 0 atom stereocenters. The van der Waals surface area contributed by atoms with Crippen LogP contribution in [0.15, 0.2) is 255 Å². The van der Waals surface area contributed by atoms with Gasteiger partial charge in [-0.05, 0) is 184 Å². The highest BCUT2D eigenvalue weighted by Gasteiger charge is 2.37. The Morgan fingerprint density at radius 1 is 0.302 bits per heavy atom. The zero-order valence-corrected chi connectivity index (χ0v) is 77.1. The molecule has 149 heavy (non-hydrogen) atoms. The summed E-state index contributed by atoms with van der Waals surface area (Å²) in [6, 6.07) is 55.7. The van der Waals surface area contributed by atoms with Gasteiger partial charge in [0.25, 0.3) is 0 Å². The smallest absolute Gasteiger partial charge is 0.384 e. The lowest BCUT2D eigenvalue weighted by Crippen LogP contribution is -2.09. The first-order valence-corrected chi connectivity index (χ1v) is 44.4. The fourth-order valence-corrected chi connectivity index (χ4v) is 15.5. The van der Waals surface area contributed by atoms with Gasteiger partial charge in [0.05, 0.1) is 83.2 Å². The molecule has 49 heteroatoms. The van der Waals surface area contributed by atoms with Crippen molar-refractivity contribution in [2.45, 2.75) is 83.3 Å². The summed E-state index contributed by atoms with van der Waals surface area (Å²) in [4.78, 5) is 64.7. The number of benzene rings is 10. The van der Waals surface area contributed by atoms with Crippen molar-refractivity contribution >= 4 is 142 Å². The second kappa shape index (κ2) is 41.3. The molecule has 1 aliphatic rings. The van der Waals surface area contributed by atoms with Crippen LogP contribution in [-0.4, -0.2) is 93.0 Å². The Morgan fingerprint density at radius 2 is 0.664 bits per heavy atom. The highest BCUT2D eigenvalue weighted by atomic mass is 19.4. The Bertz CT molecular complexity index is 8350. The quantitative estimate of drug-likeness (QED) is 0.0357. The number of pyridine rings is 1. The number of aromatic nitrogens is 19. The van der Waals surface area contributed by atoms with E-state index in [1.807, 2.05) is 73.0 Å². The number of nitrogens with zero attached hydrogens (tertiary/aromatic N) is 19. The van der Waals surface area contributed by atoms with Gasteiger partial charge in [0.2, 0.25) is 29.7 Å². The molecule has 29 nitrogen and oxygen atoms in total. The maximum Gasteiger partial charge on any atom is 0.419 e. The number of alkyl halides is 15. The van der Waals surface area contributed by atoms with Crippen molar-refractivity contribution < 1.29 is 87.8 Å². The number of rotatable bonds is 18. The zero-order valence-electron chi connectivity index (χ0n) is 77.1. The number of hydrogen-bond acceptors (Lipinski definition) is 25. The number of nitrogen functional groups attached to an aromatic ring is 5. The lowest BCUT2D eigenvalue weighted by Gasteiger charge is -2.12. The molecule has 0 amide bonds. The predicted molar refractivity (Wildman–Crippen MR) is 520 cm³/mol. The highest BCUT2D eigenvalue weighted by Crippen LogP contribution is 2.44. The molecular formula is C100H75F20N29. The average molecular weight is 2060 g/mol. The minimum Gasteiger partial charge on any atom is -0.384 e. The summed E-state index contributed by atoms with van der Waals surface area (Å²) in [5.41, 5.74) is 33.3. The molecule has 20 aromatic rings. The maximum atomic E-state index is 13.9. The molecule has 0 unspecified atom stereocenters. The van der Waals surface area contributed by atoms with Crippen LogP contribution in [-0.2, 0) is 43.7 Å². The van der Waals surface area contributed by atoms with Gasteiger partial charge in [-0.15, -0.1) is 0 Å². The molecule has 10 aromatic carbocycles. The monoisotopic (exact) mass is 2060 g/mol. The number of imidazole rings is 4. The van der Waals surface area contributed by atoms with Gasteiger partial charge in [0, 0.05) is 119 Å². The Morgan fingerprint density at radius 3 is 1.09 bits per heavy atom. The van der Waals surface area contributed by atoms with Crippen LogP contribution in [0.1, 0.15) is 83.7 Å². The third-order valence-electron chi connectivity index (χ3n) is 22.3. The van der Waals surface area contributed by atoms with E-state index in [-0.39, 0.29) is 87.3 Å². The summed E-state index contributed by atoms with van der Waals surface area (Å²) in [6.07, 6.45) is -17.6. The summed E-state index contributed by atoms with van der Waals surface area (Å²) in [5.74, 6) is 0.897. The summed E-state index contributed by atoms with van der Waals surface area (Å²) < 4.78 is 267. The van der Waals surface area contributed by atoms with Gasteiger partial charge < -0.3 is 55.3 Å². The van der Waals surface area contributed by atoms with Crippen molar-refractivity contribution in [3.05, 3.63) is 335 Å². The minimum absolute atomic E-state index is 0.0382. The first kappa shape index (κ1) is 102. The van der Waals surface area contributed by atoms with E-state index in [2.05, 4.69) is 101 Å². The average Bonchev–Trinajstić information content (AvgIpc) is 1.59. The number of fused-ring (bicyclic) bond motifs is 5. The van der Waals surface area contributed by atoms with Gasteiger partial charge in [-0.1, -0.05) is 44.2 Å². The molecule has 1 aliphatic carbocycles. The number of para-hydroxylation sites is 3. The van der Waals surface area contributed by atoms with Crippen LogP contribution in [0.25, 0.3) is 89.6 Å². The second-order valence-corrected chi connectivity index (χ2v) is 32.9. The summed E-state index contributed by atoms with van der Waals surface area (Å²) in [7, 11) is 0. The Labute approximate surface area is 827 Å². The molecule has 0 spiro atoms. The van der Waals surface area contributed by atoms with E-state index in [1.54, 1.807) is 52.6 Å². The second-order valence-electron chi connectivity index (χ2n) is 32.9. The lowest BCUT2D eigenvalue weighted by molar-refractivity contribution is -0.140. The molecule has 0 bridgehead atoms. The molecule has 21 rings (SSSR count). The largest absolute Gasteiger partial charge is 0.419 e. The summed E-state index contributed by atoms with van der Waals surface area (Å²) >= 11 is 0. The molecule has 0 aliphatic heterocycles. The molecule has 10 aromatic heterocycles. The molecule has 0 radical (unpaired) electrons. The van der Waals surface area contributed by atoms with Crippen LogP contribution in [0.2, 0.25) is 0 Å². The Kier molecular flexibility index (Phi) is 28.3. The normalized spacial score (nSPS) is 12.2. The van der Waals surface area contributed by atoms with Crippen LogP contribution >= 0.6 is 0 Å². The zero-order chi connectivity index (χ0) is 106. The molecule has 10 heterocycles. The maximum absolute atomic E-state index is 13.9. The van der Waals surface area contributed by atoms with Gasteiger partial charge in [-0.25, -0.2) is 46.9 Å². The number of aryl methyl sites for hydroxylation is 3. The third kappa shape index (κ3) is 23.8. The van der Waals surface area contributed by atoms with Crippen LogP contribution in [0.4, 0.5) is 175 Å². The van der Waals surface area contributed by atoms with Gasteiger partial charge in [-0.3, -0.25) is 23.3 Å². The van der Waals surface area contributed by atoms with E-state index in [4.69, 9.17) is 28.7 Å². The number of anilines is 15. The predicted octanol–water partition coefficient (Wildman–Crippen LogP) is 24.7. The number of halogens is 20. The first-order chi connectivity index (χ1) is 70.8. The third-order valence-corrected chi connectivity index (χ3v) is 22.3. The van der Waals surface area contributed by atoms with Crippen LogP contribution < -0.4 is 55.3 Å². The van der Waals surface area contributed by atoms with E-state index in [0.717, 1.165) is 119 Å². The Balaban J connectivity index is 0.000000127. The molecule has 0 saturated heterocycles. The first-order valence-electron chi connectivity index (χ1n) is 44.4. The SMILES string of the molecule is CCc1nc2ccc(F)cc2n1-c1cc(N)nc(Nc2ccc(C(F)(F)F)cc2)n1.CCc1nc2ccccc2n1-c1cc(N)nc(Nc2ccc(C(F)(F)F)cc2)n1.Cc1nc2cc(F)c(F)cc2n1-c1cc(N)nc(Nc2ccc(C(F)(F)F)c(F)c2)n1.Nc1cc(-c2ccnc3ccccc23)nc(Nc2ccc(C(F)(F)F)cc2)n1.Nc1cc(-n2c(C3CC3)nc3ccc(F)cc32)nc(Nc2ccc(C(F)(F)F)cc2)n1. The lowest BCUT2D eigenvalue weighted by atomic mass is 10.1. The van der Waals surface area contributed by atoms with Crippen molar-refractivity contribution in [3.8, 4) is 34.5 Å². The van der Waals surface area contributed by atoms with E-state index >= 15 is 0 Å². The van der Waals surface area contributed by atoms with E-state index in [9.17, 15) is 87.8 Å². The highest BCUT2D eigenvalue weighted by molar-refractivity contribution is 5.94. The van der Waals surface area contributed by atoms with Crippen molar-refractivity contribution in [2.24, 2.45) is 0 Å². The van der Waals surface area contributed by atoms with Gasteiger partial charge >= 0.3 is 30.9 Å². The van der Waals surface area contributed by atoms with E-state index in [1.165, 1.54) is 89.5 Å². The van der Waals surface area contributed by atoms with E-state index in [0.29, 0.717) is 105 Å². The minimum atomic E-state index is -4.84. The molecule has 1 saturated carbocycles. The van der Waals surface area contributed by atoms with Gasteiger partial charge in [0.15, 0.2) is 11.6 Å². The summed E-state index contributed by atoms with van der Waals surface area (Å²) in [6.45, 7) is 5.47. The fraction of sp³-hybridized carbons (Fsp3) is 0.130. The van der Waals surface area contributed by atoms with Crippen molar-refractivity contribution in [2.75, 3.05) is 55.3 Å². The fourth-order valence-electron chi connectivity index (χ4n) is 15.5. The van der Waals surface area contributed by atoms with Gasteiger partial charge in [0.1, 0.15) is 93.1 Å².